The molecule has 0 bridgehead atoms. The van der Waals surface area contributed by atoms with Gasteiger partial charge in [0.1, 0.15) is 17.4 Å². The highest BCUT2D eigenvalue weighted by atomic mass is 16.6. The number of piperazine rings is 1. The van der Waals surface area contributed by atoms with Gasteiger partial charge >= 0.3 is 12.1 Å². The second-order valence-electron chi connectivity index (χ2n) is 11.7. The first kappa shape index (κ1) is 31.6. The van der Waals surface area contributed by atoms with Crippen molar-refractivity contribution in [3.05, 3.63) is 65.7 Å². The molecule has 3 N–H and O–H groups in total. The van der Waals surface area contributed by atoms with Crippen molar-refractivity contribution in [3.63, 3.8) is 0 Å². The molecule has 1 fully saturated rings. The van der Waals surface area contributed by atoms with Gasteiger partial charge in [0, 0.05) is 38.2 Å². The smallest absolute Gasteiger partial charge is 0.415 e. The van der Waals surface area contributed by atoms with Crippen molar-refractivity contribution in [1.29, 1.82) is 0 Å². The lowest BCUT2D eigenvalue weighted by Gasteiger charge is -2.34. The number of nitrogens with zero attached hydrogens (tertiary/aromatic N) is 2. The lowest BCUT2D eigenvalue weighted by atomic mass is 10.0. The summed E-state index contributed by atoms with van der Waals surface area (Å²) in [4.78, 5) is 54.3. The molecular weight excluding hydrogens is 524 g/mol. The average Bonchev–Trinajstić information content (AvgIpc) is 2.92. The Morgan fingerprint density at radius 1 is 0.902 bits per heavy atom. The SMILES string of the molecule is CC(C)CC(N)C(=O)NC(Cc1ccc(OC(=O)N2CCN(C(=O)c3ccccc3)CC2)cc1)C(=O)OC(C)(C)C. The van der Waals surface area contributed by atoms with E-state index in [1.54, 1.807) is 67.0 Å². The summed E-state index contributed by atoms with van der Waals surface area (Å²) >= 11 is 0. The molecule has 2 aromatic carbocycles. The summed E-state index contributed by atoms with van der Waals surface area (Å²) < 4.78 is 11.1. The number of ether oxygens (including phenoxy) is 2. The molecule has 0 spiro atoms. The monoisotopic (exact) mass is 566 g/mol. The van der Waals surface area contributed by atoms with Gasteiger partial charge in [0.2, 0.25) is 5.91 Å². The van der Waals surface area contributed by atoms with Crippen molar-refractivity contribution < 1.29 is 28.7 Å². The van der Waals surface area contributed by atoms with Crippen LogP contribution in [0.25, 0.3) is 0 Å². The third-order valence-electron chi connectivity index (χ3n) is 6.48. The van der Waals surface area contributed by atoms with Gasteiger partial charge in [-0.25, -0.2) is 9.59 Å². The van der Waals surface area contributed by atoms with Crippen LogP contribution >= 0.6 is 0 Å². The van der Waals surface area contributed by atoms with Crippen LogP contribution in [0.2, 0.25) is 0 Å². The predicted octanol–water partition coefficient (Wildman–Crippen LogP) is 3.39. The molecular formula is C31H42N4O6. The quantitative estimate of drug-likeness (QED) is 0.445. The van der Waals surface area contributed by atoms with E-state index in [2.05, 4.69) is 5.32 Å². The van der Waals surface area contributed by atoms with Gasteiger partial charge in [-0.2, -0.15) is 0 Å². The fraction of sp³-hybridized carbons (Fsp3) is 0.484. The first-order chi connectivity index (χ1) is 19.3. The van der Waals surface area contributed by atoms with Gasteiger partial charge in [-0.05, 0) is 62.9 Å². The lowest BCUT2D eigenvalue weighted by molar-refractivity contribution is -0.158. The van der Waals surface area contributed by atoms with E-state index in [1.165, 1.54) is 0 Å². The van der Waals surface area contributed by atoms with Crippen molar-refractivity contribution in [2.45, 2.75) is 65.1 Å². The minimum Gasteiger partial charge on any atom is -0.458 e. The Hall–Kier alpha value is -3.92. The van der Waals surface area contributed by atoms with Crippen LogP contribution in [0.3, 0.4) is 0 Å². The number of nitrogens with two attached hydrogens (primary N) is 1. The largest absolute Gasteiger partial charge is 0.458 e. The first-order valence-corrected chi connectivity index (χ1v) is 14.0. The number of hydrogen-bond donors (Lipinski definition) is 2. The van der Waals surface area contributed by atoms with Crippen LogP contribution in [0, 0.1) is 5.92 Å². The molecule has 3 amide bonds. The molecule has 0 saturated carbocycles. The fourth-order valence-corrected chi connectivity index (χ4v) is 4.41. The molecule has 1 saturated heterocycles. The summed E-state index contributed by atoms with van der Waals surface area (Å²) in [5.41, 5.74) is 6.67. The van der Waals surface area contributed by atoms with Crippen molar-refractivity contribution in [1.82, 2.24) is 15.1 Å². The zero-order valence-electron chi connectivity index (χ0n) is 24.6. The number of esters is 1. The normalized spacial score (nSPS) is 15.2. The second-order valence-corrected chi connectivity index (χ2v) is 11.7. The van der Waals surface area contributed by atoms with Crippen LogP contribution < -0.4 is 15.8 Å². The molecule has 10 heteroatoms. The van der Waals surface area contributed by atoms with Crippen LogP contribution in [0.5, 0.6) is 5.75 Å². The van der Waals surface area contributed by atoms with Gasteiger partial charge in [0.15, 0.2) is 0 Å². The van der Waals surface area contributed by atoms with E-state index < -0.39 is 35.7 Å². The molecule has 10 nitrogen and oxygen atoms in total. The molecule has 3 rings (SSSR count). The van der Waals surface area contributed by atoms with E-state index in [0.29, 0.717) is 43.9 Å². The summed E-state index contributed by atoms with van der Waals surface area (Å²) in [7, 11) is 0. The Labute approximate surface area is 242 Å². The molecule has 2 atom stereocenters. The van der Waals surface area contributed by atoms with E-state index in [4.69, 9.17) is 15.2 Å². The zero-order valence-corrected chi connectivity index (χ0v) is 24.6. The standard InChI is InChI=1S/C31H42N4O6/c1-21(2)19-25(32)27(36)33-26(29(38)41-31(3,4)5)20-22-11-13-24(14-12-22)40-30(39)35-17-15-34(16-18-35)28(37)23-9-7-6-8-10-23/h6-14,21,25-26H,15-20,32H2,1-5H3,(H,33,36). The van der Waals surface area contributed by atoms with Crippen molar-refractivity contribution in [2.24, 2.45) is 11.7 Å². The van der Waals surface area contributed by atoms with Crippen LogP contribution in [0.4, 0.5) is 4.79 Å². The minimum absolute atomic E-state index is 0.0583. The third kappa shape index (κ3) is 9.89. The maximum atomic E-state index is 12.9. The van der Waals surface area contributed by atoms with Crippen LogP contribution in [0.1, 0.15) is 57.0 Å². The van der Waals surface area contributed by atoms with E-state index >= 15 is 0 Å². The van der Waals surface area contributed by atoms with Gasteiger partial charge in [0.25, 0.3) is 5.91 Å². The lowest BCUT2D eigenvalue weighted by Crippen LogP contribution is -2.51. The Morgan fingerprint density at radius 3 is 2.05 bits per heavy atom. The van der Waals surface area contributed by atoms with Crippen LogP contribution in [-0.2, 0) is 20.7 Å². The molecule has 0 aliphatic carbocycles. The highest BCUT2D eigenvalue weighted by Crippen LogP contribution is 2.18. The molecule has 1 aliphatic heterocycles. The van der Waals surface area contributed by atoms with E-state index in [0.717, 1.165) is 5.56 Å². The van der Waals surface area contributed by atoms with Crippen LogP contribution in [0.15, 0.2) is 54.6 Å². The van der Waals surface area contributed by atoms with Gasteiger partial charge in [-0.1, -0.05) is 44.2 Å². The Kier molecular flexibility index (Phi) is 10.9. The van der Waals surface area contributed by atoms with Gasteiger partial charge in [-0.15, -0.1) is 0 Å². The number of nitrogens with one attached hydrogen (secondary N) is 1. The highest BCUT2D eigenvalue weighted by molar-refractivity contribution is 5.94. The average molecular weight is 567 g/mol. The molecule has 2 unspecified atom stereocenters. The molecule has 2 aromatic rings. The summed E-state index contributed by atoms with van der Waals surface area (Å²) in [6, 6.07) is 14.1. The maximum absolute atomic E-state index is 12.9. The second kappa shape index (κ2) is 14.1. The molecule has 1 aliphatic rings. The number of benzene rings is 2. The van der Waals surface area contributed by atoms with E-state index in [9.17, 15) is 19.2 Å². The number of hydrogen-bond acceptors (Lipinski definition) is 7. The minimum atomic E-state index is -0.928. The molecule has 1 heterocycles. The summed E-state index contributed by atoms with van der Waals surface area (Å²) in [6.45, 7) is 10.8. The third-order valence-corrected chi connectivity index (χ3v) is 6.48. The number of carbonyl (C=O) groups excluding carboxylic acids is 4. The maximum Gasteiger partial charge on any atom is 0.415 e. The number of amides is 3. The Morgan fingerprint density at radius 2 is 1.49 bits per heavy atom. The number of carbonyl (C=O) groups is 4. The molecule has 0 radical (unpaired) electrons. The Bertz CT molecular complexity index is 1190. The first-order valence-electron chi connectivity index (χ1n) is 14.0. The topological polar surface area (TPSA) is 131 Å². The van der Waals surface area contributed by atoms with Gasteiger partial charge < -0.3 is 30.3 Å². The van der Waals surface area contributed by atoms with Crippen molar-refractivity contribution in [2.75, 3.05) is 26.2 Å². The van der Waals surface area contributed by atoms with E-state index in [-0.39, 0.29) is 18.2 Å². The fourth-order valence-electron chi connectivity index (χ4n) is 4.41. The van der Waals surface area contributed by atoms with Crippen molar-refractivity contribution in [3.8, 4) is 5.75 Å². The molecule has 41 heavy (non-hydrogen) atoms. The summed E-state index contributed by atoms with van der Waals surface area (Å²) in [5.74, 6) is -0.448. The van der Waals surface area contributed by atoms with Crippen LogP contribution in [-0.4, -0.2) is 77.5 Å². The Balaban J connectivity index is 1.57. The highest BCUT2D eigenvalue weighted by Gasteiger charge is 2.29. The zero-order chi connectivity index (χ0) is 30.2. The predicted molar refractivity (Wildman–Crippen MR) is 155 cm³/mol. The molecule has 222 valence electrons. The van der Waals surface area contributed by atoms with E-state index in [1.807, 2.05) is 32.0 Å². The summed E-state index contributed by atoms with van der Waals surface area (Å²) in [6.07, 6.45) is 0.175. The van der Waals surface area contributed by atoms with Gasteiger partial charge in [-0.3, -0.25) is 9.59 Å². The number of rotatable bonds is 9. The summed E-state index contributed by atoms with van der Waals surface area (Å²) in [5, 5.41) is 2.75. The van der Waals surface area contributed by atoms with Gasteiger partial charge in [0.05, 0.1) is 6.04 Å². The van der Waals surface area contributed by atoms with Crippen molar-refractivity contribution >= 4 is 23.9 Å². The molecule has 0 aromatic heterocycles.